The standard InChI is InChI=1S/C28H25F3N2O4/c1-36-20-9-7-19(8-10-20)33-15-13-32(14-16-33)17-22-23(34)12-11-21-25(35)24(18-5-3-2-4-6-18)27(28(29,30)31)37-26(21)22/h2-12,34H,13-17H2,1H3. The monoisotopic (exact) mass is 510 g/mol. The van der Waals surface area contributed by atoms with Gasteiger partial charge >= 0.3 is 6.18 Å². The number of aromatic hydroxyl groups is 1. The summed E-state index contributed by atoms with van der Waals surface area (Å²) in [6.45, 7) is 2.74. The molecular weight excluding hydrogens is 485 g/mol. The molecule has 2 heterocycles. The number of phenolic OH excluding ortho intramolecular Hbond substituents is 1. The van der Waals surface area contributed by atoms with Crippen LogP contribution in [0, 0.1) is 0 Å². The molecule has 0 aliphatic carbocycles. The summed E-state index contributed by atoms with van der Waals surface area (Å²) in [5, 5.41) is 10.6. The van der Waals surface area contributed by atoms with Crippen molar-refractivity contribution < 1.29 is 27.4 Å². The van der Waals surface area contributed by atoms with E-state index in [1.165, 1.54) is 24.3 Å². The highest BCUT2D eigenvalue weighted by Crippen LogP contribution is 2.39. The third-order valence-corrected chi connectivity index (χ3v) is 6.65. The zero-order valence-electron chi connectivity index (χ0n) is 20.1. The number of alkyl halides is 3. The maximum Gasteiger partial charge on any atom is 0.450 e. The number of phenols is 1. The average molecular weight is 511 g/mol. The van der Waals surface area contributed by atoms with Crippen molar-refractivity contribution in [1.29, 1.82) is 0 Å². The van der Waals surface area contributed by atoms with Gasteiger partial charge in [0.2, 0.25) is 11.2 Å². The number of hydrogen-bond acceptors (Lipinski definition) is 6. The first-order chi connectivity index (χ1) is 17.8. The van der Waals surface area contributed by atoms with E-state index in [9.17, 15) is 23.1 Å². The number of ether oxygens (including phenoxy) is 1. The average Bonchev–Trinajstić information content (AvgIpc) is 2.90. The predicted molar refractivity (Wildman–Crippen MR) is 135 cm³/mol. The molecule has 6 nitrogen and oxygen atoms in total. The number of fused-ring (bicyclic) bond motifs is 1. The lowest BCUT2D eigenvalue weighted by Crippen LogP contribution is -2.46. The summed E-state index contributed by atoms with van der Waals surface area (Å²) < 4.78 is 52.8. The molecule has 0 atom stereocenters. The molecule has 1 aliphatic rings. The van der Waals surface area contributed by atoms with E-state index in [1.807, 2.05) is 29.2 Å². The van der Waals surface area contributed by atoms with E-state index in [1.54, 1.807) is 25.3 Å². The molecule has 9 heteroatoms. The van der Waals surface area contributed by atoms with Crippen molar-refractivity contribution in [3.63, 3.8) is 0 Å². The zero-order valence-corrected chi connectivity index (χ0v) is 20.1. The molecule has 0 spiro atoms. The minimum absolute atomic E-state index is 0.00322. The van der Waals surface area contributed by atoms with Crippen molar-refractivity contribution in [3.8, 4) is 22.6 Å². The number of nitrogens with zero attached hydrogens (tertiary/aromatic N) is 2. The summed E-state index contributed by atoms with van der Waals surface area (Å²) in [6, 6.07) is 18.0. The Labute approximate surface area is 211 Å². The van der Waals surface area contributed by atoms with Crippen LogP contribution < -0.4 is 15.1 Å². The maximum atomic E-state index is 14.1. The van der Waals surface area contributed by atoms with Crippen LogP contribution in [0.2, 0.25) is 0 Å². The second-order valence-electron chi connectivity index (χ2n) is 8.90. The maximum absolute atomic E-state index is 14.1. The van der Waals surface area contributed by atoms with Crippen LogP contribution in [-0.4, -0.2) is 43.3 Å². The van der Waals surface area contributed by atoms with E-state index in [-0.39, 0.29) is 34.4 Å². The zero-order chi connectivity index (χ0) is 26.2. The van der Waals surface area contributed by atoms with Crippen molar-refractivity contribution >= 4 is 16.7 Å². The van der Waals surface area contributed by atoms with Crippen LogP contribution in [0.5, 0.6) is 11.5 Å². The van der Waals surface area contributed by atoms with Crippen molar-refractivity contribution in [2.24, 2.45) is 0 Å². The van der Waals surface area contributed by atoms with Crippen LogP contribution in [-0.2, 0) is 12.7 Å². The van der Waals surface area contributed by atoms with Crippen LogP contribution in [0.25, 0.3) is 22.1 Å². The summed E-state index contributed by atoms with van der Waals surface area (Å²) in [5.74, 6) is -0.815. The normalized spacial score (nSPS) is 14.8. The third kappa shape index (κ3) is 4.86. The molecule has 3 aromatic carbocycles. The van der Waals surface area contributed by atoms with Crippen molar-refractivity contribution in [2.45, 2.75) is 12.7 Å². The summed E-state index contributed by atoms with van der Waals surface area (Å²) in [6.07, 6.45) is -4.90. The van der Waals surface area contributed by atoms with E-state index in [4.69, 9.17) is 9.15 Å². The molecule has 1 aliphatic heterocycles. The summed E-state index contributed by atoms with van der Waals surface area (Å²) in [4.78, 5) is 17.5. The molecule has 192 valence electrons. The number of methoxy groups -OCH3 is 1. The third-order valence-electron chi connectivity index (χ3n) is 6.65. The molecule has 0 amide bonds. The van der Waals surface area contributed by atoms with Gasteiger partial charge in [0, 0.05) is 38.4 Å². The highest BCUT2D eigenvalue weighted by molar-refractivity contribution is 5.86. The molecule has 1 saturated heterocycles. The van der Waals surface area contributed by atoms with Gasteiger partial charge in [-0.05, 0) is 42.0 Å². The second kappa shape index (κ2) is 9.82. The van der Waals surface area contributed by atoms with Crippen LogP contribution in [0.15, 0.2) is 75.9 Å². The Morgan fingerprint density at radius 3 is 2.24 bits per heavy atom. The number of halogens is 3. The molecule has 0 saturated carbocycles. The van der Waals surface area contributed by atoms with Gasteiger partial charge in [-0.1, -0.05) is 30.3 Å². The minimum atomic E-state index is -4.90. The fourth-order valence-corrected chi connectivity index (χ4v) is 4.70. The van der Waals surface area contributed by atoms with E-state index in [2.05, 4.69) is 4.90 Å². The predicted octanol–water partition coefficient (Wildman–Crippen LogP) is 5.52. The van der Waals surface area contributed by atoms with Crippen molar-refractivity contribution in [3.05, 3.63) is 88.3 Å². The summed E-state index contributed by atoms with van der Waals surface area (Å²) in [5.41, 5.74) is -0.236. The number of anilines is 1. The van der Waals surface area contributed by atoms with E-state index < -0.39 is 22.9 Å². The minimum Gasteiger partial charge on any atom is -0.507 e. The molecule has 1 N–H and O–H groups in total. The van der Waals surface area contributed by atoms with Gasteiger partial charge < -0.3 is 19.2 Å². The lowest BCUT2D eigenvalue weighted by molar-refractivity contribution is -0.152. The summed E-state index contributed by atoms with van der Waals surface area (Å²) in [7, 11) is 1.61. The Kier molecular flexibility index (Phi) is 6.55. The Balaban J connectivity index is 1.47. The molecule has 1 fully saturated rings. The van der Waals surface area contributed by atoms with Crippen LogP contribution >= 0.6 is 0 Å². The Bertz CT molecular complexity index is 1460. The van der Waals surface area contributed by atoms with E-state index in [0.717, 1.165) is 11.4 Å². The Morgan fingerprint density at radius 1 is 0.946 bits per heavy atom. The van der Waals surface area contributed by atoms with Gasteiger partial charge in [-0.15, -0.1) is 0 Å². The molecule has 0 bridgehead atoms. The first kappa shape index (κ1) is 24.7. The van der Waals surface area contributed by atoms with Gasteiger partial charge in [0.15, 0.2) is 0 Å². The highest BCUT2D eigenvalue weighted by atomic mass is 19.4. The first-order valence-corrected chi connectivity index (χ1v) is 11.8. The van der Waals surface area contributed by atoms with Gasteiger partial charge in [0.25, 0.3) is 0 Å². The number of rotatable bonds is 5. The fourth-order valence-electron chi connectivity index (χ4n) is 4.70. The van der Waals surface area contributed by atoms with Gasteiger partial charge in [-0.25, -0.2) is 0 Å². The number of piperazine rings is 1. The first-order valence-electron chi connectivity index (χ1n) is 11.8. The number of hydrogen-bond donors (Lipinski definition) is 1. The van der Waals surface area contributed by atoms with E-state index >= 15 is 0 Å². The van der Waals surface area contributed by atoms with E-state index in [0.29, 0.717) is 26.2 Å². The van der Waals surface area contributed by atoms with Crippen molar-refractivity contribution in [2.75, 3.05) is 38.2 Å². The second-order valence-corrected chi connectivity index (χ2v) is 8.90. The molecule has 1 aromatic heterocycles. The lowest BCUT2D eigenvalue weighted by atomic mass is 10.00. The molecule has 0 unspecified atom stereocenters. The van der Waals surface area contributed by atoms with Crippen molar-refractivity contribution in [1.82, 2.24) is 4.90 Å². The van der Waals surface area contributed by atoms with Crippen LogP contribution in [0.3, 0.4) is 0 Å². The SMILES string of the molecule is COc1ccc(N2CCN(Cc3c(O)ccc4c(=O)c(-c5ccccc5)c(C(F)(F)F)oc34)CC2)cc1. The molecule has 5 rings (SSSR count). The van der Waals surface area contributed by atoms with Gasteiger partial charge in [-0.2, -0.15) is 13.2 Å². The van der Waals surface area contributed by atoms with Gasteiger partial charge in [-0.3, -0.25) is 9.69 Å². The molecule has 0 radical (unpaired) electrons. The smallest absolute Gasteiger partial charge is 0.450 e. The quantitative estimate of drug-likeness (QED) is 0.382. The molecule has 4 aromatic rings. The number of benzene rings is 3. The largest absolute Gasteiger partial charge is 0.507 e. The summed E-state index contributed by atoms with van der Waals surface area (Å²) >= 11 is 0. The Hall–Kier alpha value is -3.98. The van der Waals surface area contributed by atoms with Gasteiger partial charge in [0.1, 0.15) is 17.1 Å². The highest BCUT2D eigenvalue weighted by Gasteiger charge is 2.40. The topological polar surface area (TPSA) is 66.2 Å². The lowest BCUT2D eigenvalue weighted by Gasteiger charge is -2.36. The molecule has 37 heavy (non-hydrogen) atoms. The van der Waals surface area contributed by atoms with Gasteiger partial charge in [0.05, 0.1) is 23.6 Å². The Morgan fingerprint density at radius 2 is 1.62 bits per heavy atom. The van der Waals surface area contributed by atoms with Crippen LogP contribution in [0.1, 0.15) is 11.3 Å². The molecular formula is C28H25F3N2O4. The fraction of sp³-hybridized carbons (Fsp3) is 0.250. The van der Waals surface area contributed by atoms with Crippen LogP contribution in [0.4, 0.5) is 18.9 Å².